The van der Waals surface area contributed by atoms with Gasteiger partial charge in [-0.05, 0) is 19.1 Å². The number of pyridine rings is 1. The van der Waals surface area contributed by atoms with Gasteiger partial charge in [-0.3, -0.25) is 9.69 Å². The molecule has 0 aliphatic carbocycles. The number of nitrogens with zero attached hydrogens (tertiary/aromatic N) is 4. The summed E-state index contributed by atoms with van der Waals surface area (Å²) in [6.45, 7) is 8.99. The minimum absolute atomic E-state index is 0. The number of halogens is 2. The van der Waals surface area contributed by atoms with Gasteiger partial charge in [0.1, 0.15) is 5.82 Å². The van der Waals surface area contributed by atoms with Crippen molar-refractivity contribution in [1.82, 2.24) is 20.1 Å². The Hall–Kier alpha value is -1.08. The number of aromatic nitrogens is 1. The lowest BCUT2D eigenvalue weighted by Crippen LogP contribution is -2.56. The number of piperazine rings is 2. The summed E-state index contributed by atoms with van der Waals surface area (Å²) in [7, 11) is 0. The SMILES string of the molecule is C[C@H]1CNCCN1C(=O)CN1CCN(c2ccccn2)CC1.Cl.Cl. The van der Waals surface area contributed by atoms with Gasteiger partial charge in [-0.25, -0.2) is 4.98 Å². The van der Waals surface area contributed by atoms with Crippen molar-refractivity contribution < 1.29 is 4.79 Å². The molecule has 0 saturated carbocycles. The zero-order valence-electron chi connectivity index (χ0n) is 14.1. The van der Waals surface area contributed by atoms with E-state index < -0.39 is 0 Å². The highest BCUT2D eigenvalue weighted by Crippen LogP contribution is 2.13. The Kier molecular flexibility index (Phi) is 8.76. The molecule has 0 radical (unpaired) electrons. The minimum atomic E-state index is 0. The monoisotopic (exact) mass is 375 g/mol. The Morgan fingerprint density at radius 3 is 2.58 bits per heavy atom. The van der Waals surface area contributed by atoms with Crippen LogP contribution in [-0.2, 0) is 4.79 Å². The molecule has 2 aliphatic heterocycles. The highest BCUT2D eigenvalue weighted by Gasteiger charge is 2.26. The molecule has 1 N–H and O–H groups in total. The van der Waals surface area contributed by atoms with E-state index in [1.165, 1.54) is 0 Å². The molecule has 1 aromatic heterocycles. The van der Waals surface area contributed by atoms with E-state index in [0.717, 1.165) is 51.6 Å². The quantitative estimate of drug-likeness (QED) is 0.849. The molecule has 1 amide bonds. The molecule has 0 spiro atoms. The first-order valence-electron chi connectivity index (χ1n) is 8.12. The maximum Gasteiger partial charge on any atom is 0.237 e. The fourth-order valence-electron chi connectivity index (χ4n) is 3.17. The molecular weight excluding hydrogens is 349 g/mol. The van der Waals surface area contributed by atoms with Crippen molar-refractivity contribution in [3.05, 3.63) is 24.4 Å². The summed E-state index contributed by atoms with van der Waals surface area (Å²) in [5, 5.41) is 3.33. The number of hydrogen-bond acceptors (Lipinski definition) is 5. The van der Waals surface area contributed by atoms with E-state index in [9.17, 15) is 4.79 Å². The third-order valence-electron chi connectivity index (χ3n) is 4.53. The van der Waals surface area contributed by atoms with E-state index in [-0.39, 0.29) is 30.7 Å². The number of nitrogens with one attached hydrogen (secondary N) is 1. The molecule has 3 heterocycles. The van der Waals surface area contributed by atoms with Crippen molar-refractivity contribution in [3.63, 3.8) is 0 Å². The molecule has 2 fully saturated rings. The van der Waals surface area contributed by atoms with Gasteiger partial charge in [-0.15, -0.1) is 24.8 Å². The number of hydrogen-bond donors (Lipinski definition) is 1. The van der Waals surface area contributed by atoms with E-state index in [1.807, 2.05) is 29.3 Å². The van der Waals surface area contributed by atoms with Gasteiger partial charge >= 0.3 is 0 Å². The van der Waals surface area contributed by atoms with Crippen LogP contribution >= 0.6 is 24.8 Å². The summed E-state index contributed by atoms with van der Waals surface area (Å²) in [6.07, 6.45) is 1.83. The third-order valence-corrected chi connectivity index (χ3v) is 4.53. The minimum Gasteiger partial charge on any atom is -0.354 e. The van der Waals surface area contributed by atoms with Gasteiger partial charge in [0.25, 0.3) is 0 Å². The summed E-state index contributed by atoms with van der Waals surface area (Å²) in [5.41, 5.74) is 0. The summed E-state index contributed by atoms with van der Waals surface area (Å²) >= 11 is 0. The zero-order chi connectivity index (χ0) is 15.4. The Labute approximate surface area is 156 Å². The Balaban J connectivity index is 0.00000144. The number of anilines is 1. The van der Waals surface area contributed by atoms with E-state index in [2.05, 4.69) is 27.0 Å². The smallest absolute Gasteiger partial charge is 0.237 e. The van der Waals surface area contributed by atoms with Crippen LogP contribution < -0.4 is 10.2 Å². The number of carbonyl (C=O) groups is 1. The largest absolute Gasteiger partial charge is 0.354 e. The van der Waals surface area contributed by atoms with Crippen molar-refractivity contribution >= 4 is 36.5 Å². The molecule has 2 aliphatic rings. The van der Waals surface area contributed by atoms with Crippen LogP contribution in [0.15, 0.2) is 24.4 Å². The predicted molar refractivity (Wildman–Crippen MR) is 101 cm³/mol. The van der Waals surface area contributed by atoms with Crippen LogP contribution in [0.3, 0.4) is 0 Å². The van der Waals surface area contributed by atoms with Crippen LogP contribution in [-0.4, -0.2) is 79.1 Å². The third kappa shape index (κ3) is 5.21. The molecule has 1 aromatic rings. The maximum absolute atomic E-state index is 12.5. The Bertz CT molecular complexity index is 497. The van der Waals surface area contributed by atoms with Gasteiger partial charge in [-0.2, -0.15) is 0 Å². The molecule has 2 saturated heterocycles. The summed E-state index contributed by atoms with van der Waals surface area (Å²) < 4.78 is 0. The highest BCUT2D eigenvalue weighted by molar-refractivity contribution is 5.85. The molecule has 0 bridgehead atoms. The number of carbonyl (C=O) groups excluding carboxylic acids is 1. The molecule has 0 unspecified atom stereocenters. The van der Waals surface area contributed by atoms with Gasteiger partial charge < -0.3 is 15.1 Å². The van der Waals surface area contributed by atoms with Gasteiger partial charge in [0, 0.05) is 58.1 Å². The van der Waals surface area contributed by atoms with Crippen LogP contribution in [0, 0.1) is 0 Å². The lowest BCUT2D eigenvalue weighted by atomic mass is 10.2. The second-order valence-corrected chi connectivity index (χ2v) is 6.09. The summed E-state index contributed by atoms with van der Waals surface area (Å²) in [4.78, 5) is 23.4. The predicted octanol–water partition coefficient (Wildman–Crippen LogP) is 0.867. The number of amides is 1. The standard InChI is InChI=1S/C16H25N5O.2ClH/c1-14-12-17-6-7-21(14)16(22)13-19-8-10-20(11-9-19)15-4-2-3-5-18-15;;/h2-5,14,17H,6-13H2,1H3;2*1H/t14-;;/m0../s1. The van der Waals surface area contributed by atoms with E-state index in [1.54, 1.807) is 0 Å². The average Bonchev–Trinajstić information content (AvgIpc) is 2.57. The fourth-order valence-corrected chi connectivity index (χ4v) is 3.17. The molecule has 8 heteroatoms. The lowest BCUT2D eigenvalue weighted by molar-refractivity contribution is -0.135. The topological polar surface area (TPSA) is 51.7 Å². The Morgan fingerprint density at radius 1 is 1.21 bits per heavy atom. The van der Waals surface area contributed by atoms with Crippen LogP contribution in [0.2, 0.25) is 0 Å². The van der Waals surface area contributed by atoms with Gasteiger partial charge in [-0.1, -0.05) is 6.07 Å². The molecule has 1 atom stereocenters. The van der Waals surface area contributed by atoms with E-state index in [0.29, 0.717) is 12.6 Å². The van der Waals surface area contributed by atoms with Crippen LogP contribution in [0.4, 0.5) is 5.82 Å². The molecule has 3 rings (SSSR count). The molecule has 24 heavy (non-hydrogen) atoms. The van der Waals surface area contributed by atoms with Crippen molar-refractivity contribution in [3.8, 4) is 0 Å². The van der Waals surface area contributed by atoms with Crippen molar-refractivity contribution in [2.24, 2.45) is 0 Å². The summed E-state index contributed by atoms with van der Waals surface area (Å²) in [5.74, 6) is 1.30. The first-order valence-corrected chi connectivity index (χ1v) is 8.12. The first kappa shape index (κ1) is 21.0. The van der Waals surface area contributed by atoms with Crippen LogP contribution in [0.1, 0.15) is 6.92 Å². The first-order chi connectivity index (χ1) is 10.7. The maximum atomic E-state index is 12.5. The molecule has 136 valence electrons. The molecule has 6 nitrogen and oxygen atoms in total. The lowest BCUT2D eigenvalue weighted by Gasteiger charge is -2.38. The average molecular weight is 376 g/mol. The molecular formula is C16H27Cl2N5O. The highest BCUT2D eigenvalue weighted by atomic mass is 35.5. The van der Waals surface area contributed by atoms with Gasteiger partial charge in [0.2, 0.25) is 5.91 Å². The van der Waals surface area contributed by atoms with Gasteiger partial charge in [0.15, 0.2) is 0 Å². The normalized spacial score (nSPS) is 21.6. The Morgan fingerprint density at radius 2 is 1.96 bits per heavy atom. The van der Waals surface area contributed by atoms with Crippen LogP contribution in [0.25, 0.3) is 0 Å². The van der Waals surface area contributed by atoms with Crippen molar-refractivity contribution in [2.45, 2.75) is 13.0 Å². The second-order valence-electron chi connectivity index (χ2n) is 6.09. The van der Waals surface area contributed by atoms with Crippen molar-refractivity contribution in [1.29, 1.82) is 0 Å². The molecule has 0 aromatic carbocycles. The second kappa shape index (κ2) is 10.0. The summed E-state index contributed by atoms with van der Waals surface area (Å²) in [6, 6.07) is 6.30. The van der Waals surface area contributed by atoms with E-state index >= 15 is 0 Å². The number of rotatable bonds is 3. The van der Waals surface area contributed by atoms with E-state index in [4.69, 9.17) is 0 Å². The fraction of sp³-hybridized carbons (Fsp3) is 0.625. The van der Waals surface area contributed by atoms with Crippen molar-refractivity contribution in [2.75, 3.05) is 57.3 Å². The van der Waals surface area contributed by atoms with Crippen LogP contribution in [0.5, 0.6) is 0 Å². The zero-order valence-corrected chi connectivity index (χ0v) is 15.7. The van der Waals surface area contributed by atoms with Gasteiger partial charge in [0.05, 0.1) is 6.54 Å².